The molecule has 0 fully saturated rings. The van der Waals surface area contributed by atoms with E-state index in [9.17, 15) is 14.9 Å². The SMILES string of the molecule is Cc1ccccc1-n1c(C)cc(/C=N\NC(=O)c2ccc([N+](=O)[O-])cc2)c1C. The highest BCUT2D eigenvalue weighted by Crippen LogP contribution is 2.22. The number of amides is 1. The van der Waals surface area contributed by atoms with Gasteiger partial charge in [-0.05, 0) is 50.6 Å². The summed E-state index contributed by atoms with van der Waals surface area (Å²) in [6, 6.07) is 15.5. The number of benzene rings is 2. The van der Waals surface area contributed by atoms with E-state index in [0.29, 0.717) is 5.56 Å². The number of hydrogen-bond donors (Lipinski definition) is 1. The van der Waals surface area contributed by atoms with Gasteiger partial charge >= 0.3 is 0 Å². The number of carbonyl (C=O) groups is 1. The van der Waals surface area contributed by atoms with E-state index in [1.165, 1.54) is 29.8 Å². The summed E-state index contributed by atoms with van der Waals surface area (Å²) in [6.07, 6.45) is 1.60. The lowest BCUT2D eigenvalue weighted by Gasteiger charge is -2.12. The molecule has 28 heavy (non-hydrogen) atoms. The van der Waals surface area contributed by atoms with Gasteiger partial charge in [-0.3, -0.25) is 14.9 Å². The van der Waals surface area contributed by atoms with E-state index in [1.54, 1.807) is 6.21 Å². The largest absolute Gasteiger partial charge is 0.318 e. The molecule has 1 heterocycles. The number of aryl methyl sites for hydroxylation is 2. The zero-order chi connectivity index (χ0) is 20.3. The molecule has 0 atom stereocenters. The Morgan fingerprint density at radius 2 is 1.79 bits per heavy atom. The number of nitrogens with zero attached hydrogens (tertiary/aromatic N) is 3. The molecule has 2 aromatic carbocycles. The minimum absolute atomic E-state index is 0.0660. The third-order valence-electron chi connectivity index (χ3n) is 4.54. The van der Waals surface area contributed by atoms with E-state index in [0.717, 1.165) is 22.6 Å². The van der Waals surface area contributed by atoms with Crippen LogP contribution < -0.4 is 5.43 Å². The number of rotatable bonds is 5. The smallest absolute Gasteiger partial charge is 0.271 e. The van der Waals surface area contributed by atoms with E-state index in [2.05, 4.69) is 34.2 Å². The Morgan fingerprint density at radius 1 is 1.11 bits per heavy atom. The normalized spacial score (nSPS) is 11.0. The average molecular weight is 376 g/mol. The van der Waals surface area contributed by atoms with Crippen molar-refractivity contribution in [2.24, 2.45) is 5.10 Å². The lowest BCUT2D eigenvalue weighted by Crippen LogP contribution is -2.17. The number of para-hydroxylation sites is 1. The summed E-state index contributed by atoms with van der Waals surface area (Å²) in [5, 5.41) is 14.7. The first-order chi connectivity index (χ1) is 13.4. The number of hydrogen-bond acceptors (Lipinski definition) is 4. The zero-order valence-corrected chi connectivity index (χ0v) is 15.8. The van der Waals surface area contributed by atoms with Crippen LogP contribution >= 0.6 is 0 Å². The maximum atomic E-state index is 12.1. The molecule has 3 aromatic rings. The van der Waals surface area contributed by atoms with Crippen LogP contribution in [-0.2, 0) is 0 Å². The van der Waals surface area contributed by atoms with Gasteiger partial charge in [-0.25, -0.2) is 5.43 Å². The summed E-state index contributed by atoms with van der Waals surface area (Å²) in [7, 11) is 0. The lowest BCUT2D eigenvalue weighted by molar-refractivity contribution is -0.384. The summed E-state index contributed by atoms with van der Waals surface area (Å²) in [6.45, 7) is 6.08. The fourth-order valence-corrected chi connectivity index (χ4v) is 3.06. The Labute approximate surface area is 162 Å². The van der Waals surface area contributed by atoms with E-state index in [4.69, 9.17) is 0 Å². The van der Waals surface area contributed by atoms with Gasteiger partial charge in [0.2, 0.25) is 0 Å². The second-order valence-electron chi connectivity index (χ2n) is 6.45. The first-order valence-corrected chi connectivity index (χ1v) is 8.71. The number of nitro groups is 1. The van der Waals surface area contributed by atoms with E-state index >= 15 is 0 Å². The first kappa shape index (κ1) is 19.0. The number of nitrogens with one attached hydrogen (secondary N) is 1. The minimum Gasteiger partial charge on any atom is -0.318 e. The molecule has 1 N–H and O–H groups in total. The number of hydrazone groups is 1. The molecule has 0 bridgehead atoms. The van der Waals surface area contributed by atoms with Crippen molar-refractivity contribution in [1.29, 1.82) is 0 Å². The first-order valence-electron chi connectivity index (χ1n) is 8.71. The van der Waals surface area contributed by atoms with Gasteiger partial charge < -0.3 is 4.57 Å². The minimum atomic E-state index is -0.510. The molecule has 0 aliphatic rings. The van der Waals surface area contributed by atoms with Gasteiger partial charge in [-0.1, -0.05) is 18.2 Å². The summed E-state index contributed by atoms with van der Waals surface area (Å²) >= 11 is 0. The molecule has 7 heteroatoms. The van der Waals surface area contributed by atoms with Crippen molar-refractivity contribution in [2.45, 2.75) is 20.8 Å². The molecule has 1 aromatic heterocycles. The quantitative estimate of drug-likeness (QED) is 0.413. The monoisotopic (exact) mass is 376 g/mol. The van der Waals surface area contributed by atoms with Gasteiger partial charge in [0.1, 0.15) is 0 Å². The van der Waals surface area contributed by atoms with Crippen LogP contribution in [0.25, 0.3) is 5.69 Å². The van der Waals surface area contributed by atoms with Crippen LogP contribution in [0.15, 0.2) is 59.7 Å². The van der Waals surface area contributed by atoms with Crippen molar-refractivity contribution in [3.05, 3.63) is 92.8 Å². The Hall–Kier alpha value is -3.74. The Kier molecular flexibility index (Phi) is 5.35. The van der Waals surface area contributed by atoms with E-state index < -0.39 is 10.8 Å². The Morgan fingerprint density at radius 3 is 2.43 bits per heavy atom. The summed E-state index contributed by atoms with van der Waals surface area (Å²) in [5.41, 5.74) is 7.93. The molecule has 0 aliphatic carbocycles. The van der Waals surface area contributed by atoms with Crippen molar-refractivity contribution in [3.63, 3.8) is 0 Å². The molecule has 0 unspecified atom stereocenters. The zero-order valence-electron chi connectivity index (χ0n) is 15.8. The third-order valence-corrected chi connectivity index (χ3v) is 4.54. The van der Waals surface area contributed by atoms with Crippen LogP contribution in [0.1, 0.15) is 32.9 Å². The summed E-state index contributed by atoms with van der Waals surface area (Å²) in [5.74, 6) is -0.432. The van der Waals surface area contributed by atoms with Crippen LogP contribution in [0.4, 0.5) is 5.69 Å². The van der Waals surface area contributed by atoms with Crippen molar-refractivity contribution in [3.8, 4) is 5.69 Å². The maximum Gasteiger partial charge on any atom is 0.271 e. The number of nitro benzene ring substituents is 1. The molecule has 1 amide bonds. The van der Waals surface area contributed by atoms with Crippen molar-refractivity contribution < 1.29 is 9.72 Å². The van der Waals surface area contributed by atoms with Gasteiger partial charge in [0.15, 0.2) is 0 Å². The molecule has 0 aliphatic heterocycles. The second kappa shape index (κ2) is 7.87. The topological polar surface area (TPSA) is 89.5 Å². The van der Waals surface area contributed by atoms with Crippen molar-refractivity contribution >= 4 is 17.8 Å². The van der Waals surface area contributed by atoms with Crippen LogP contribution in [-0.4, -0.2) is 21.6 Å². The van der Waals surface area contributed by atoms with Gasteiger partial charge in [0, 0.05) is 40.3 Å². The highest BCUT2D eigenvalue weighted by molar-refractivity contribution is 5.95. The molecule has 0 saturated carbocycles. The number of non-ortho nitro benzene ring substituents is 1. The molecular formula is C21H20N4O3. The number of carbonyl (C=O) groups excluding carboxylic acids is 1. The number of aromatic nitrogens is 1. The maximum absolute atomic E-state index is 12.1. The average Bonchev–Trinajstić information content (AvgIpc) is 2.96. The second-order valence-corrected chi connectivity index (χ2v) is 6.45. The molecular weight excluding hydrogens is 356 g/mol. The summed E-state index contributed by atoms with van der Waals surface area (Å²) < 4.78 is 2.15. The van der Waals surface area contributed by atoms with Crippen molar-refractivity contribution in [1.82, 2.24) is 9.99 Å². The molecule has 142 valence electrons. The fourth-order valence-electron chi connectivity index (χ4n) is 3.06. The van der Waals surface area contributed by atoms with E-state index in [1.807, 2.05) is 32.0 Å². The molecule has 3 rings (SSSR count). The van der Waals surface area contributed by atoms with E-state index in [-0.39, 0.29) is 5.69 Å². The highest BCUT2D eigenvalue weighted by atomic mass is 16.6. The highest BCUT2D eigenvalue weighted by Gasteiger charge is 2.12. The fraction of sp³-hybridized carbons (Fsp3) is 0.143. The van der Waals surface area contributed by atoms with Crippen LogP contribution in [0.3, 0.4) is 0 Å². The van der Waals surface area contributed by atoms with Gasteiger partial charge in [0.05, 0.1) is 11.1 Å². The molecule has 7 nitrogen and oxygen atoms in total. The van der Waals surface area contributed by atoms with Crippen LogP contribution in [0.2, 0.25) is 0 Å². The predicted octanol–water partition coefficient (Wildman–Crippen LogP) is 4.07. The molecule has 0 radical (unpaired) electrons. The van der Waals surface area contributed by atoms with Gasteiger partial charge in [-0.2, -0.15) is 5.10 Å². The Balaban J connectivity index is 1.76. The predicted molar refractivity (Wildman–Crippen MR) is 108 cm³/mol. The van der Waals surface area contributed by atoms with Crippen molar-refractivity contribution in [2.75, 3.05) is 0 Å². The Bertz CT molecular complexity index is 1070. The lowest BCUT2D eigenvalue weighted by atomic mass is 10.2. The van der Waals surface area contributed by atoms with Gasteiger partial charge in [-0.15, -0.1) is 0 Å². The van der Waals surface area contributed by atoms with Gasteiger partial charge in [0.25, 0.3) is 11.6 Å². The standard InChI is InChI=1S/C21H20N4O3/c1-14-6-4-5-7-20(14)24-15(2)12-18(16(24)3)13-22-23-21(26)17-8-10-19(11-9-17)25(27)28/h4-13H,1-3H3,(H,23,26)/b22-13-. The van der Waals surface area contributed by atoms with Crippen LogP contribution in [0, 0.1) is 30.9 Å². The summed E-state index contributed by atoms with van der Waals surface area (Å²) in [4.78, 5) is 22.3. The molecule has 0 saturated heterocycles. The van der Waals surface area contributed by atoms with Crippen LogP contribution in [0.5, 0.6) is 0 Å². The third kappa shape index (κ3) is 3.83. The molecule has 0 spiro atoms.